The highest BCUT2D eigenvalue weighted by molar-refractivity contribution is 7.99. The number of carbonyl (C=O) groups excluding carboxylic acids is 1. The van der Waals surface area contributed by atoms with Gasteiger partial charge in [-0.2, -0.15) is 11.8 Å². The van der Waals surface area contributed by atoms with E-state index in [4.69, 9.17) is 0 Å². The lowest BCUT2D eigenvalue weighted by atomic mass is 10.7. The maximum atomic E-state index is 10.4. The van der Waals surface area contributed by atoms with Crippen LogP contribution in [0.25, 0.3) is 0 Å². The Balaban J connectivity index is 0. The zero-order valence-electron chi connectivity index (χ0n) is 7.23. The molecule has 0 aromatic rings. The zero-order chi connectivity index (χ0) is 8.41. The van der Waals surface area contributed by atoms with Crippen LogP contribution in [0, 0.1) is 0 Å². The van der Waals surface area contributed by atoms with Gasteiger partial charge >= 0.3 is 0 Å². The molecule has 0 heterocycles. The summed E-state index contributed by atoms with van der Waals surface area (Å²) in [5, 5.41) is 2.54. The monoisotopic (exact) mass is 163 g/mol. The molecule has 0 spiro atoms. The van der Waals surface area contributed by atoms with Gasteiger partial charge in [-0.1, -0.05) is 20.8 Å². The van der Waals surface area contributed by atoms with Crippen LogP contribution in [0.3, 0.4) is 0 Å². The van der Waals surface area contributed by atoms with Crippen LogP contribution in [-0.4, -0.2) is 24.5 Å². The molecule has 0 aliphatic heterocycles. The van der Waals surface area contributed by atoms with Gasteiger partial charge in [0.2, 0.25) is 5.91 Å². The summed E-state index contributed by atoms with van der Waals surface area (Å²) in [5.74, 6) is 1.71. The molecule has 10 heavy (non-hydrogen) atoms. The molecule has 0 saturated carbocycles. The van der Waals surface area contributed by atoms with E-state index in [0.717, 1.165) is 5.75 Å². The summed E-state index contributed by atoms with van der Waals surface area (Å²) in [7, 11) is 1.65. The van der Waals surface area contributed by atoms with Gasteiger partial charge in [-0.15, -0.1) is 0 Å². The molecule has 1 N–H and O–H groups in total. The SMILES string of the molecule is CC.CCSCC(=O)NC. The Kier molecular flexibility index (Phi) is 14.5. The van der Waals surface area contributed by atoms with Crippen molar-refractivity contribution in [1.29, 1.82) is 0 Å². The van der Waals surface area contributed by atoms with Crippen molar-refractivity contribution in [3.63, 3.8) is 0 Å². The molecule has 0 unspecified atom stereocenters. The number of rotatable bonds is 3. The standard InChI is InChI=1S/C5H11NOS.C2H6/c1-3-8-4-5(7)6-2;1-2/h3-4H2,1-2H3,(H,6,7);1-2H3. The molecule has 0 atom stereocenters. The van der Waals surface area contributed by atoms with Crippen LogP contribution in [0.4, 0.5) is 0 Å². The molecule has 0 radical (unpaired) electrons. The Bertz CT molecular complexity index is 76.0. The van der Waals surface area contributed by atoms with E-state index >= 15 is 0 Å². The highest BCUT2D eigenvalue weighted by Gasteiger charge is 1.92. The van der Waals surface area contributed by atoms with Crippen molar-refractivity contribution in [2.24, 2.45) is 0 Å². The van der Waals surface area contributed by atoms with Crippen LogP contribution in [0.2, 0.25) is 0 Å². The third-order valence-corrected chi connectivity index (χ3v) is 1.59. The molecule has 62 valence electrons. The number of thioether (sulfide) groups is 1. The Morgan fingerprint density at radius 1 is 1.50 bits per heavy atom. The van der Waals surface area contributed by atoms with Crippen molar-refractivity contribution >= 4 is 17.7 Å². The van der Waals surface area contributed by atoms with E-state index in [0.29, 0.717) is 5.75 Å². The predicted octanol–water partition coefficient (Wildman–Crippen LogP) is 1.51. The molecule has 2 nitrogen and oxygen atoms in total. The molecule has 0 fully saturated rings. The first-order valence-electron chi connectivity index (χ1n) is 3.59. The van der Waals surface area contributed by atoms with Crippen LogP contribution in [0.1, 0.15) is 20.8 Å². The van der Waals surface area contributed by atoms with Gasteiger partial charge in [0.1, 0.15) is 0 Å². The molecule has 0 rings (SSSR count). The lowest BCUT2D eigenvalue weighted by Crippen LogP contribution is -2.19. The number of nitrogens with one attached hydrogen (secondary N) is 1. The van der Waals surface area contributed by atoms with Crippen molar-refractivity contribution in [1.82, 2.24) is 5.32 Å². The largest absolute Gasteiger partial charge is 0.358 e. The van der Waals surface area contributed by atoms with Crippen molar-refractivity contribution in [2.75, 3.05) is 18.6 Å². The van der Waals surface area contributed by atoms with E-state index < -0.39 is 0 Å². The average molecular weight is 163 g/mol. The second kappa shape index (κ2) is 11.6. The molecule has 0 aliphatic carbocycles. The van der Waals surface area contributed by atoms with E-state index in [-0.39, 0.29) is 5.91 Å². The highest BCUT2D eigenvalue weighted by Crippen LogP contribution is 1.95. The predicted molar refractivity (Wildman–Crippen MR) is 48.4 cm³/mol. The van der Waals surface area contributed by atoms with Gasteiger partial charge in [-0.3, -0.25) is 4.79 Å². The average Bonchev–Trinajstić information content (AvgIpc) is 2.04. The summed E-state index contributed by atoms with van der Waals surface area (Å²) in [6.07, 6.45) is 0. The quantitative estimate of drug-likeness (QED) is 0.683. The van der Waals surface area contributed by atoms with E-state index in [2.05, 4.69) is 5.32 Å². The summed E-state index contributed by atoms with van der Waals surface area (Å²) in [4.78, 5) is 10.4. The van der Waals surface area contributed by atoms with Gasteiger partial charge < -0.3 is 5.32 Å². The second-order valence-corrected chi connectivity index (χ2v) is 2.58. The third kappa shape index (κ3) is 10.7. The van der Waals surface area contributed by atoms with Crippen LogP contribution in [-0.2, 0) is 4.79 Å². The lowest BCUT2D eigenvalue weighted by molar-refractivity contribution is -0.118. The second-order valence-electron chi connectivity index (χ2n) is 1.31. The first-order valence-corrected chi connectivity index (χ1v) is 4.75. The maximum Gasteiger partial charge on any atom is 0.229 e. The molecule has 0 aliphatic rings. The van der Waals surface area contributed by atoms with Gasteiger partial charge in [0.05, 0.1) is 5.75 Å². The first-order chi connectivity index (χ1) is 4.81. The van der Waals surface area contributed by atoms with Gasteiger partial charge in [-0.25, -0.2) is 0 Å². The molecule has 0 bridgehead atoms. The fourth-order valence-electron chi connectivity index (χ4n) is 0.267. The van der Waals surface area contributed by atoms with E-state index in [9.17, 15) is 4.79 Å². The smallest absolute Gasteiger partial charge is 0.229 e. The lowest BCUT2D eigenvalue weighted by Gasteiger charge is -1.94. The number of hydrogen-bond donors (Lipinski definition) is 1. The normalized spacial score (nSPS) is 7.60. The van der Waals surface area contributed by atoms with Gasteiger partial charge in [0.25, 0.3) is 0 Å². The Morgan fingerprint density at radius 2 is 2.00 bits per heavy atom. The van der Waals surface area contributed by atoms with Crippen LogP contribution >= 0.6 is 11.8 Å². The summed E-state index contributed by atoms with van der Waals surface area (Å²) in [5.41, 5.74) is 0. The van der Waals surface area contributed by atoms with E-state index in [1.54, 1.807) is 18.8 Å². The number of carbonyl (C=O) groups is 1. The van der Waals surface area contributed by atoms with Crippen molar-refractivity contribution in [3.8, 4) is 0 Å². The van der Waals surface area contributed by atoms with Crippen molar-refractivity contribution in [3.05, 3.63) is 0 Å². The molecule has 0 saturated heterocycles. The molecule has 0 aromatic heterocycles. The molecular formula is C7H17NOS. The van der Waals surface area contributed by atoms with Gasteiger partial charge in [0.15, 0.2) is 0 Å². The van der Waals surface area contributed by atoms with Crippen LogP contribution < -0.4 is 5.32 Å². The Morgan fingerprint density at radius 3 is 2.30 bits per heavy atom. The fraction of sp³-hybridized carbons (Fsp3) is 0.857. The summed E-state index contributed by atoms with van der Waals surface area (Å²) < 4.78 is 0. The van der Waals surface area contributed by atoms with Gasteiger partial charge in [-0.05, 0) is 5.75 Å². The minimum Gasteiger partial charge on any atom is -0.358 e. The first kappa shape index (κ1) is 12.5. The van der Waals surface area contributed by atoms with E-state index in [1.807, 2.05) is 20.8 Å². The van der Waals surface area contributed by atoms with Crippen molar-refractivity contribution < 1.29 is 4.79 Å². The fourth-order valence-corrected chi connectivity index (χ4v) is 0.801. The molecule has 3 heteroatoms. The van der Waals surface area contributed by atoms with Gasteiger partial charge in [0, 0.05) is 7.05 Å². The highest BCUT2D eigenvalue weighted by atomic mass is 32.2. The summed E-state index contributed by atoms with van der Waals surface area (Å²) in [6, 6.07) is 0. The minimum atomic E-state index is 0.108. The molecule has 1 amide bonds. The number of hydrogen-bond acceptors (Lipinski definition) is 2. The van der Waals surface area contributed by atoms with Crippen LogP contribution in [0.5, 0.6) is 0 Å². The number of amides is 1. The van der Waals surface area contributed by atoms with Crippen LogP contribution in [0.15, 0.2) is 0 Å². The molecule has 0 aromatic carbocycles. The van der Waals surface area contributed by atoms with Crippen molar-refractivity contribution in [2.45, 2.75) is 20.8 Å². The van der Waals surface area contributed by atoms with E-state index in [1.165, 1.54) is 0 Å². The Labute approximate surface area is 67.8 Å². The Hall–Kier alpha value is -0.180. The topological polar surface area (TPSA) is 29.1 Å². The summed E-state index contributed by atoms with van der Waals surface area (Å²) in [6.45, 7) is 6.04. The minimum absolute atomic E-state index is 0.108. The zero-order valence-corrected chi connectivity index (χ0v) is 8.05. The maximum absolute atomic E-state index is 10.4. The third-order valence-electron chi connectivity index (χ3n) is 0.716. The molecular weight excluding hydrogens is 146 g/mol. The summed E-state index contributed by atoms with van der Waals surface area (Å²) >= 11 is 1.63.